The van der Waals surface area contributed by atoms with Gasteiger partial charge in [0.25, 0.3) is 5.91 Å². The molecular formula is C52H66N4O6. The van der Waals surface area contributed by atoms with Gasteiger partial charge >= 0.3 is 0 Å². The molecule has 2 bridgehead atoms. The summed E-state index contributed by atoms with van der Waals surface area (Å²) in [5, 5.41) is 23.2. The van der Waals surface area contributed by atoms with Crippen LogP contribution in [0, 0.1) is 35.0 Å². The number of ketones is 1. The van der Waals surface area contributed by atoms with Gasteiger partial charge in [-0.15, -0.1) is 0 Å². The van der Waals surface area contributed by atoms with Gasteiger partial charge < -0.3 is 24.7 Å². The van der Waals surface area contributed by atoms with Gasteiger partial charge in [0.15, 0.2) is 5.78 Å². The van der Waals surface area contributed by atoms with Gasteiger partial charge in [0.05, 0.1) is 32.4 Å². The number of piperazine rings is 1. The molecule has 0 radical (unpaired) electrons. The Hall–Kier alpha value is -4.58. The maximum atomic E-state index is 14.9. The van der Waals surface area contributed by atoms with Crippen molar-refractivity contribution >= 4 is 17.4 Å². The Balaban J connectivity index is 1.08. The molecule has 2 N–H and O–H groups in total. The number of ether oxygens (including phenoxy) is 1. The molecule has 5 aliphatic rings. The molecule has 2 heterocycles. The number of hydrogen-bond acceptors (Lipinski definition) is 9. The van der Waals surface area contributed by atoms with E-state index in [-0.39, 0.29) is 36.8 Å². The van der Waals surface area contributed by atoms with E-state index in [0.29, 0.717) is 47.4 Å². The lowest BCUT2D eigenvalue weighted by Crippen LogP contribution is -2.55. The van der Waals surface area contributed by atoms with E-state index >= 15 is 0 Å². The molecule has 10 nitrogen and oxygen atoms in total. The van der Waals surface area contributed by atoms with Crippen molar-refractivity contribution in [1.82, 2.24) is 14.9 Å². The number of para-hydroxylation sites is 1. The van der Waals surface area contributed by atoms with Crippen molar-refractivity contribution in [2.75, 3.05) is 52.3 Å². The van der Waals surface area contributed by atoms with Gasteiger partial charge in [-0.05, 0) is 83.7 Å². The Morgan fingerprint density at radius 2 is 1.66 bits per heavy atom. The number of carbonyl (C=O) groups excluding carboxylic acids is 2. The molecule has 1 amide bonds. The number of nitrogens with zero attached hydrogens (tertiary/aromatic N) is 4. The summed E-state index contributed by atoms with van der Waals surface area (Å²) < 4.78 is 6.21. The Labute approximate surface area is 368 Å². The predicted octanol–water partition coefficient (Wildman–Crippen LogP) is 7.88. The van der Waals surface area contributed by atoms with Crippen molar-refractivity contribution in [3.63, 3.8) is 0 Å². The summed E-state index contributed by atoms with van der Waals surface area (Å²) >= 11 is 0. The Bertz CT molecular complexity index is 2200. The Morgan fingerprint density at radius 1 is 0.935 bits per heavy atom. The molecule has 10 heteroatoms. The number of methoxy groups -OCH3 is 1. The van der Waals surface area contributed by atoms with E-state index in [4.69, 9.17) is 9.57 Å². The van der Waals surface area contributed by atoms with Crippen LogP contribution in [-0.2, 0) is 22.7 Å². The normalized spacial score (nSPS) is 27.7. The zero-order chi connectivity index (χ0) is 43.9. The summed E-state index contributed by atoms with van der Waals surface area (Å²) in [4.78, 5) is 42.3. The minimum Gasteiger partial charge on any atom is -0.496 e. The summed E-state index contributed by atoms with van der Waals surface area (Å²) in [7, 11) is 5.60. The summed E-state index contributed by atoms with van der Waals surface area (Å²) in [6.07, 6.45) is 1.11. The van der Waals surface area contributed by atoms with E-state index in [2.05, 4.69) is 68.1 Å². The van der Waals surface area contributed by atoms with Crippen molar-refractivity contribution in [3.05, 3.63) is 119 Å². The Morgan fingerprint density at radius 3 is 2.31 bits per heavy atom. The number of aliphatic hydroxyl groups is 2. The fourth-order valence-corrected chi connectivity index (χ4v) is 11.5. The van der Waals surface area contributed by atoms with E-state index in [1.54, 1.807) is 19.1 Å². The number of carbonyl (C=O) groups is 2. The van der Waals surface area contributed by atoms with Gasteiger partial charge in [0.1, 0.15) is 17.9 Å². The smallest absolute Gasteiger partial charge is 0.254 e. The van der Waals surface area contributed by atoms with Crippen LogP contribution >= 0.6 is 0 Å². The van der Waals surface area contributed by atoms with Gasteiger partial charge in [-0.25, -0.2) is 0 Å². The summed E-state index contributed by atoms with van der Waals surface area (Å²) in [6, 6.07) is 31.9. The van der Waals surface area contributed by atoms with E-state index in [0.717, 1.165) is 54.0 Å². The van der Waals surface area contributed by atoms with Crippen molar-refractivity contribution in [3.8, 4) is 16.9 Å². The average Bonchev–Trinajstić information content (AvgIpc) is 3.65. The first-order chi connectivity index (χ1) is 29.8. The largest absolute Gasteiger partial charge is 0.496 e. The van der Waals surface area contributed by atoms with E-state index in [1.807, 2.05) is 78.5 Å². The number of anilines is 1. The molecule has 0 aromatic heterocycles. The lowest BCUT2D eigenvalue weighted by Gasteiger charge is -2.62. The number of benzene rings is 4. The second-order valence-electron chi connectivity index (χ2n) is 19.4. The van der Waals surface area contributed by atoms with Crippen LogP contribution in [0.15, 0.2) is 97.1 Å². The molecule has 330 valence electrons. The fourth-order valence-electron chi connectivity index (χ4n) is 11.5. The topological polar surface area (TPSA) is 106 Å². The quantitative estimate of drug-likeness (QED) is 0.131. The average molecular weight is 843 g/mol. The third kappa shape index (κ3) is 8.57. The molecule has 62 heavy (non-hydrogen) atoms. The second kappa shape index (κ2) is 18.3. The van der Waals surface area contributed by atoms with E-state index in [1.165, 1.54) is 12.0 Å². The van der Waals surface area contributed by atoms with E-state index in [9.17, 15) is 19.8 Å². The first-order valence-electron chi connectivity index (χ1n) is 22.6. The number of aliphatic hydroxyl groups excluding tert-OH is 2. The summed E-state index contributed by atoms with van der Waals surface area (Å²) in [6.45, 7) is 11.5. The minimum atomic E-state index is -0.867. The molecule has 0 spiro atoms. The standard InChI is InChI=1S/C52H66N4O6/c1-33-38(24-41-28-44(33)52(41,3)4)27-46(59)49-48(34(2)58)47(32-57)62-56(49)30-37-19-14-20-43(50(37)61-7)39-23-40(26-42(25-39)53(5)6)51(60)55-22-21-54(29-35-15-10-8-11-16-35)31-45(55)36-17-12-9-13-18-36/h8-20,23,25-26,33-34,38,41,44-45,47-49,57-58H,21-22,24,27-32H2,1-7H3/t33-,34+,38-,41+,44+,45?,47+,48-,49-/m1/s1. The number of hydrogen-bond donors (Lipinski definition) is 2. The highest BCUT2D eigenvalue weighted by Crippen LogP contribution is 2.63. The minimum absolute atomic E-state index is 0.0301. The molecule has 1 unspecified atom stereocenters. The summed E-state index contributed by atoms with van der Waals surface area (Å²) in [5.41, 5.74) is 6.58. The molecule has 9 atom stereocenters. The predicted molar refractivity (Wildman–Crippen MR) is 243 cm³/mol. The number of amides is 1. The van der Waals surface area contributed by atoms with Crippen LogP contribution in [0.5, 0.6) is 5.75 Å². The highest BCUT2D eigenvalue weighted by Gasteiger charge is 2.57. The third-order valence-electron chi connectivity index (χ3n) is 15.2. The van der Waals surface area contributed by atoms with Gasteiger partial charge in [0.2, 0.25) is 0 Å². The number of rotatable bonds is 14. The highest BCUT2D eigenvalue weighted by atomic mass is 16.7. The molecule has 3 aliphatic carbocycles. The van der Waals surface area contributed by atoms with Crippen LogP contribution in [0.3, 0.4) is 0 Å². The van der Waals surface area contributed by atoms with Crippen LogP contribution in [0.25, 0.3) is 11.1 Å². The van der Waals surface area contributed by atoms with Gasteiger partial charge in [-0.2, -0.15) is 5.06 Å². The molecular weight excluding hydrogens is 777 g/mol. The van der Waals surface area contributed by atoms with Crippen LogP contribution in [0.4, 0.5) is 5.69 Å². The Kier molecular flexibility index (Phi) is 13.0. The highest BCUT2D eigenvalue weighted by molar-refractivity contribution is 5.97. The van der Waals surface area contributed by atoms with Crippen molar-refractivity contribution in [2.24, 2.45) is 35.0 Å². The molecule has 4 aromatic rings. The van der Waals surface area contributed by atoms with E-state index < -0.39 is 24.2 Å². The monoisotopic (exact) mass is 842 g/mol. The van der Waals surface area contributed by atoms with Crippen LogP contribution in [0.1, 0.15) is 80.0 Å². The third-order valence-corrected chi connectivity index (χ3v) is 15.2. The van der Waals surface area contributed by atoms with Crippen molar-refractivity contribution in [2.45, 2.75) is 84.3 Å². The lowest BCUT2D eigenvalue weighted by atomic mass is 9.43. The lowest BCUT2D eigenvalue weighted by molar-refractivity contribution is -0.183. The first-order valence-corrected chi connectivity index (χ1v) is 22.6. The molecule has 5 fully saturated rings. The molecule has 2 saturated heterocycles. The maximum absolute atomic E-state index is 14.9. The number of Topliss-reactive ketones (excluding diaryl/α,β-unsaturated/α-hetero) is 1. The number of fused-ring (bicyclic) bond motifs is 2. The van der Waals surface area contributed by atoms with Crippen LogP contribution in [0.2, 0.25) is 0 Å². The zero-order valence-electron chi connectivity index (χ0n) is 37.6. The second-order valence-corrected chi connectivity index (χ2v) is 19.4. The van der Waals surface area contributed by atoms with Crippen molar-refractivity contribution in [1.29, 1.82) is 0 Å². The first kappa shape index (κ1) is 44.0. The maximum Gasteiger partial charge on any atom is 0.254 e. The van der Waals surface area contributed by atoms with Gasteiger partial charge in [-0.3, -0.25) is 19.3 Å². The molecule has 3 saturated carbocycles. The zero-order valence-corrected chi connectivity index (χ0v) is 37.6. The molecule has 4 aromatic carbocycles. The summed E-state index contributed by atoms with van der Waals surface area (Å²) in [5.74, 6) is 2.00. The molecule has 9 rings (SSSR count). The SMILES string of the molecule is COc1c(CN2O[C@@H](CO)[C@@H]([C@H](C)O)[C@H]2C(=O)C[C@H]2C[C@H]3C[C@@H]([C@@H]2C)C3(C)C)cccc1-c1cc(C(=O)N2CCN(Cc3ccccc3)CC2c2ccccc2)cc(N(C)C)c1. The van der Waals surface area contributed by atoms with Gasteiger partial charge in [-0.1, -0.05) is 99.6 Å². The van der Waals surface area contributed by atoms with Crippen LogP contribution < -0.4 is 9.64 Å². The fraction of sp³-hybridized carbons (Fsp3) is 0.500. The molecule has 2 aliphatic heterocycles. The van der Waals surface area contributed by atoms with Gasteiger partial charge in [0, 0.05) is 75.0 Å². The van der Waals surface area contributed by atoms with Crippen molar-refractivity contribution < 1.29 is 29.4 Å². The number of hydroxylamine groups is 2. The van der Waals surface area contributed by atoms with Crippen LogP contribution in [-0.4, -0.2) is 102 Å².